The monoisotopic (exact) mass is 477 g/mol. The van der Waals surface area contributed by atoms with Crippen molar-refractivity contribution in [3.05, 3.63) is 108 Å². The zero-order chi connectivity index (χ0) is 23.0. The number of para-hydroxylation sites is 1. The van der Waals surface area contributed by atoms with Crippen LogP contribution in [0.3, 0.4) is 0 Å². The van der Waals surface area contributed by atoms with E-state index in [4.69, 9.17) is 5.73 Å². The van der Waals surface area contributed by atoms with E-state index < -0.39 is 5.82 Å². The number of hydrogen-bond donors (Lipinski definition) is 3. The van der Waals surface area contributed by atoms with Crippen LogP contribution in [-0.2, 0) is 0 Å². The van der Waals surface area contributed by atoms with Gasteiger partial charge in [0.15, 0.2) is 5.16 Å². The molecular formula is C24H20FN5OS2. The molecule has 33 heavy (non-hydrogen) atoms. The maximum atomic E-state index is 13.2. The van der Waals surface area contributed by atoms with Crippen LogP contribution in [0.5, 0.6) is 0 Å². The average molecular weight is 478 g/mol. The number of nitrogens with zero attached hydrogens (tertiary/aromatic N) is 2. The zero-order valence-electron chi connectivity index (χ0n) is 17.3. The van der Waals surface area contributed by atoms with E-state index in [2.05, 4.69) is 20.0 Å². The Morgan fingerprint density at radius 3 is 2.36 bits per heavy atom. The lowest BCUT2D eigenvalue weighted by Gasteiger charge is -2.17. The summed E-state index contributed by atoms with van der Waals surface area (Å²) >= 11 is 3.03. The average Bonchev–Trinajstić information content (AvgIpc) is 2.85. The highest BCUT2D eigenvalue weighted by atomic mass is 32.2. The number of carbonyl (C=O) groups is 1. The van der Waals surface area contributed by atoms with Crippen molar-refractivity contribution < 1.29 is 9.18 Å². The van der Waals surface area contributed by atoms with Crippen molar-refractivity contribution in [3.8, 4) is 0 Å². The van der Waals surface area contributed by atoms with Gasteiger partial charge in [-0.2, -0.15) is 0 Å². The Kier molecular flexibility index (Phi) is 7.43. The molecule has 1 amide bonds. The van der Waals surface area contributed by atoms with Crippen molar-refractivity contribution in [2.45, 2.75) is 9.74 Å². The summed E-state index contributed by atoms with van der Waals surface area (Å²) in [5.41, 5.74) is 8.75. The molecule has 0 spiro atoms. The highest BCUT2D eigenvalue weighted by molar-refractivity contribution is 8.16. The molecule has 4 rings (SSSR count). The van der Waals surface area contributed by atoms with Gasteiger partial charge in [0.1, 0.15) is 10.4 Å². The van der Waals surface area contributed by atoms with Crippen LogP contribution in [0.25, 0.3) is 0 Å². The number of benzene rings is 3. The minimum Gasteiger partial charge on any atom is -0.397 e. The smallest absolute Gasteiger partial charge is 0.255 e. The first-order valence-corrected chi connectivity index (χ1v) is 11.7. The fourth-order valence-corrected chi connectivity index (χ4v) is 4.86. The van der Waals surface area contributed by atoms with Gasteiger partial charge in [0.05, 0.1) is 11.4 Å². The van der Waals surface area contributed by atoms with Crippen molar-refractivity contribution in [2.24, 2.45) is 0 Å². The highest BCUT2D eigenvalue weighted by Gasteiger charge is 2.17. The molecule has 4 N–H and O–H groups in total. The van der Waals surface area contributed by atoms with Gasteiger partial charge in [-0.3, -0.25) is 4.79 Å². The summed E-state index contributed by atoms with van der Waals surface area (Å²) in [6.45, 7) is 0. The first kappa shape index (κ1) is 22.6. The fraction of sp³-hybridized carbons (Fsp3) is 0.0417. The second-order valence-electron chi connectivity index (χ2n) is 6.87. The topological polar surface area (TPSA) is 92.9 Å². The molecule has 166 valence electrons. The molecule has 0 aliphatic heterocycles. The molecule has 6 nitrogen and oxygen atoms in total. The highest BCUT2D eigenvalue weighted by Crippen LogP contribution is 2.42. The van der Waals surface area contributed by atoms with Gasteiger partial charge in [-0.25, -0.2) is 14.4 Å². The molecule has 1 unspecified atom stereocenters. The molecule has 0 bridgehead atoms. The number of halogens is 1. The van der Waals surface area contributed by atoms with Crippen LogP contribution in [0.2, 0.25) is 0 Å². The van der Waals surface area contributed by atoms with Gasteiger partial charge in [0.2, 0.25) is 0 Å². The summed E-state index contributed by atoms with van der Waals surface area (Å²) < 4.78 is 16.5. The predicted molar refractivity (Wildman–Crippen MR) is 133 cm³/mol. The molecule has 0 aliphatic carbocycles. The first-order valence-electron chi connectivity index (χ1n) is 9.95. The van der Waals surface area contributed by atoms with E-state index in [0.717, 1.165) is 11.3 Å². The second-order valence-corrected chi connectivity index (χ2v) is 9.16. The van der Waals surface area contributed by atoms with Crippen molar-refractivity contribution in [2.75, 3.05) is 15.8 Å². The Balaban J connectivity index is 1.49. The van der Waals surface area contributed by atoms with Gasteiger partial charge < -0.3 is 15.8 Å². The molecule has 0 saturated heterocycles. The van der Waals surface area contributed by atoms with Crippen LogP contribution < -0.4 is 15.8 Å². The quantitative estimate of drug-likeness (QED) is 0.0942. The lowest BCUT2D eigenvalue weighted by molar-refractivity contribution is 0.102. The van der Waals surface area contributed by atoms with E-state index in [-0.39, 0.29) is 16.2 Å². The minimum atomic E-state index is -0.456. The van der Waals surface area contributed by atoms with E-state index in [0.29, 0.717) is 16.4 Å². The van der Waals surface area contributed by atoms with Crippen LogP contribution in [0.4, 0.5) is 21.5 Å². The van der Waals surface area contributed by atoms with Crippen LogP contribution in [-0.4, -0.2) is 15.9 Å². The Bertz CT molecular complexity index is 1210. The number of nitrogens with one attached hydrogen (secondary N) is 2. The van der Waals surface area contributed by atoms with Gasteiger partial charge >= 0.3 is 0 Å². The number of carbonyl (C=O) groups excluding carboxylic acids is 1. The molecule has 4 aromatic rings. The number of amides is 1. The molecule has 0 saturated carbocycles. The van der Waals surface area contributed by atoms with Crippen LogP contribution in [0.1, 0.15) is 20.5 Å². The Morgan fingerprint density at radius 2 is 1.67 bits per heavy atom. The molecule has 9 heteroatoms. The summed E-state index contributed by atoms with van der Waals surface area (Å²) in [5, 5.41) is 3.37. The third kappa shape index (κ3) is 6.24. The molecule has 3 aromatic carbocycles. The lowest BCUT2D eigenvalue weighted by atomic mass is 10.1. The van der Waals surface area contributed by atoms with Gasteiger partial charge in [0.25, 0.3) is 5.91 Å². The normalized spacial score (nSPS) is 11.5. The van der Waals surface area contributed by atoms with Gasteiger partial charge in [-0.15, -0.1) is 0 Å². The molecule has 1 aromatic heterocycles. The van der Waals surface area contributed by atoms with E-state index >= 15 is 0 Å². The lowest BCUT2D eigenvalue weighted by Crippen LogP contribution is -2.13. The third-order valence-corrected chi connectivity index (χ3v) is 6.84. The second kappa shape index (κ2) is 10.8. The molecule has 0 fully saturated rings. The SMILES string of the molecule is Nc1cc(F)ccc1NC(=O)c1ccc(C(SNc2ccccc2)Sc2ncccn2)cc1. The summed E-state index contributed by atoms with van der Waals surface area (Å²) in [7, 11) is 0. The molecule has 0 aliphatic rings. The van der Waals surface area contributed by atoms with Crippen molar-refractivity contribution in [3.63, 3.8) is 0 Å². The van der Waals surface area contributed by atoms with Gasteiger partial charge in [-0.05, 0) is 66.0 Å². The third-order valence-electron chi connectivity index (χ3n) is 4.52. The number of nitrogen functional groups attached to an aromatic ring is 1. The minimum absolute atomic E-state index is 0.0718. The van der Waals surface area contributed by atoms with Crippen LogP contribution >= 0.6 is 23.7 Å². The summed E-state index contributed by atoms with van der Waals surface area (Å²) in [6.07, 6.45) is 3.41. The summed E-state index contributed by atoms with van der Waals surface area (Å²) in [6, 6.07) is 22.8. The number of aromatic nitrogens is 2. The molecular weight excluding hydrogens is 457 g/mol. The largest absolute Gasteiger partial charge is 0.397 e. The number of nitrogens with two attached hydrogens (primary N) is 1. The summed E-state index contributed by atoms with van der Waals surface area (Å²) in [4.78, 5) is 21.3. The predicted octanol–water partition coefficient (Wildman–Crippen LogP) is 6.00. The standard InChI is InChI=1S/C24H20FN5OS2/c25-18-11-12-21(20(26)15-18)29-22(31)16-7-9-17(10-8-16)23(32-24-27-13-4-14-28-24)33-30-19-5-2-1-3-6-19/h1-15,23,30H,26H2,(H,29,31). The van der Waals surface area contributed by atoms with E-state index in [9.17, 15) is 9.18 Å². The van der Waals surface area contributed by atoms with E-state index in [1.807, 2.05) is 42.5 Å². The maximum Gasteiger partial charge on any atom is 0.255 e. The molecule has 1 atom stereocenters. The van der Waals surface area contributed by atoms with E-state index in [1.165, 1.54) is 41.9 Å². The van der Waals surface area contributed by atoms with Crippen molar-refractivity contribution in [1.29, 1.82) is 0 Å². The van der Waals surface area contributed by atoms with Crippen LogP contribution in [0, 0.1) is 5.82 Å². The van der Waals surface area contributed by atoms with Crippen molar-refractivity contribution >= 4 is 46.7 Å². The summed E-state index contributed by atoms with van der Waals surface area (Å²) in [5.74, 6) is -0.784. The molecule has 1 heterocycles. The Morgan fingerprint density at radius 1 is 0.939 bits per heavy atom. The molecule has 0 radical (unpaired) electrons. The Hall–Kier alpha value is -3.56. The fourth-order valence-electron chi connectivity index (χ4n) is 2.86. The number of thioether (sulfide) groups is 1. The van der Waals surface area contributed by atoms with Gasteiger partial charge in [-0.1, -0.05) is 42.1 Å². The first-order chi connectivity index (χ1) is 16.1. The number of hydrogen-bond acceptors (Lipinski definition) is 7. The number of anilines is 3. The van der Waals surface area contributed by atoms with E-state index in [1.54, 1.807) is 30.6 Å². The Labute approximate surface area is 199 Å². The number of rotatable bonds is 8. The van der Waals surface area contributed by atoms with Crippen molar-refractivity contribution in [1.82, 2.24) is 9.97 Å². The maximum absolute atomic E-state index is 13.2. The van der Waals surface area contributed by atoms with Crippen LogP contribution in [0.15, 0.2) is 96.4 Å². The van der Waals surface area contributed by atoms with Gasteiger partial charge in [0, 0.05) is 23.6 Å². The zero-order valence-corrected chi connectivity index (χ0v) is 18.9.